The molecule has 0 spiro atoms. The highest BCUT2D eigenvalue weighted by Gasteiger charge is 2.39. The Labute approximate surface area is 79.4 Å². The molecule has 1 saturated carbocycles. The Kier molecular flexibility index (Phi) is 2.46. The van der Waals surface area contributed by atoms with E-state index in [1.54, 1.807) is 0 Å². The Morgan fingerprint density at radius 2 is 1.92 bits per heavy atom. The molecule has 2 unspecified atom stereocenters. The zero-order valence-corrected chi connectivity index (χ0v) is 8.79. The van der Waals surface area contributed by atoms with Crippen molar-refractivity contribution in [2.75, 3.05) is 0 Å². The monoisotopic (exact) mass is 182 g/mol. The van der Waals surface area contributed by atoms with Crippen molar-refractivity contribution in [1.82, 2.24) is 0 Å². The predicted octanol–water partition coefficient (Wildman–Crippen LogP) is 1.57. The maximum absolute atomic E-state index is 11.4. The van der Waals surface area contributed by atoms with Gasteiger partial charge in [-0.2, -0.15) is 4.99 Å². The van der Waals surface area contributed by atoms with Gasteiger partial charge in [-0.1, -0.05) is 27.7 Å². The summed E-state index contributed by atoms with van der Waals surface area (Å²) in [6.07, 6.45) is 0.972. The topological polar surface area (TPSA) is 55.5 Å². The van der Waals surface area contributed by atoms with Gasteiger partial charge in [-0.25, -0.2) is 0 Å². The quantitative estimate of drug-likeness (QED) is 0.494. The number of amidine groups is 1. The molecule has 3 heteroatoms. The summed E-state index contributed by atoms with van der Waals surface area (Å²) in [5.74, 6) is 1.04. The highest BCUT2D eigenvalue weighted by atomic mass is 16.1. The summed E-state index contributed by atoms with van der Waals surface area (Å²) < 4.78 is 0. The lowest BCUT2D eigenvalue weighted by molar-refractivity contribution is -0.119. The maximum Gasteiger partial charge on any atom is 0.250 e. The van der Waals surface area contributed by atoms with Gasteiger partial charge in [0.1, 0.15) is 5.84 Å². The summed E-state index contributed by atoms with van der Waals surface area (Å²) in [6, 6.07) is 0. The van der Waals surface area contributed by atoms with Gasteiger partial charge in [0, 0.05) is 11.3 Å². The van der Waals surface area contributed by atoms with Gasteiger partial charge in [-0.15, -0.1) is 0 Å². The molecule has 0 bridgehead atoms. The molecule has 1 rings (SSSR count). The zero-order valence-electron chi connectivity index (χ0n) is 8.79. The second-order valence-corrected chi connectivity index (χ2v) is 4.90. The van der Waals surface area contributed by atoms with Crippen LogP contribution < -0.4 is 5.73 Å². The summed E-state index contributed by atoms with van der Waals surface area (Å²) >= 11 is 0. The summed E-state index contributed by atoms with van der Waals surface area (Å²) in [5, 5.41) is 0. The average Bonchev–Trinajstić information content (AvgIpc) is 2.64. The van der Waals surface area contributed by atoms with Crippen molar-refractivity contribution in [2.24, 2.45) is 28.0 Å². The highest BCUT2D eigenvalue weighted by molar-refractivity contribution is 5.97. The first-order valence-electron chi connectivity index (χ1n) is 4.71. The summed E-state index contributed by atoms with van der Waals surface area (Å²) in [6.45, 7) is 7.92. The number of hydrogen-bond donors (Lipinski definition) is 1. The lowest BCUT2D eigenvalue weighted by atomic mass is 9.95. The second kappa shape index (κ2) is 3.13. The number of hydrogen-bond acceptors (Lipinski definition) is 1. The molecule has 2 N–H and O–H groups in total. The average molecular weight is 182 g/mol. The first-order chi connectivity index (χ1) is 5.82. The largest absolute Gasteiger partial charge is 0.387 e. The molecule has 1 aliphatic carbocycles. The Morgan fingerprint density at radius 3 is 2.23 bits per heavy atom. The molecule has 0 radical (unpaired) electrons. The Morgan fingerprint density at radius 1 is 1.46 bits per heavy atom. The van der Waals surface area contributed by atoms with E-state index in [4.69, 9.17) is 5.73 Å². The zero-order chi connectivity index (χ0) is 10.2. The first kappa shape index (κ1) is 10.2. The summed E-state index contributed by atoms with van der Waals surface area (Å²) in [7, 11) is 0. The van der Waals surface area contributed by atoms with Crippen LogP contribution in [0.2, 0.25) is 0 Å². The number of carbonyl (C=O) groups is 1. The van der Waals surface area contributed by atoms with Crippen molar-refractivity contribution in [2.45, 2.75) is 34.1 Å². The lowest BCUT2D eigenvalue weighted by Gasteiger charge is -2.16. The van der Waals surface area contributed by atoms with Crippen molar-refractivity contribution in [1.29, 1.82) is 0 Å². The van der Waals surface area contributed by atoms with Crippen LogP contribution in [0, 0.1) is 17.3 Å². The van der Waals surface area contributed by atoms with Gasteiger partial charge < -0.3 is 5.73 Å². The van der Waals surface area contributed by atoms with E-state index in [0.717, 1.165) is 6.42 Å². The number of nitrogens with two attached hydrogens (primary N) is 1. The molecule has 1 amide bonds. The third-order valence-corrected chi connectivity index (χ3v) is 2.43. The van der Waals surface area contributed by atoms with E-state index in [1.165, 1.54) is 0 Å². The van der Waals surface area contributed by atoms with Gasteiger partial charge in [-0.3, -0.25) is 4.79 Å². The number of nitrogens with zero attached hydrogens (tertiary/aromatic N) is 1. The van der Waals surface area contributed by atoms with E-state index in [9.17, 15) is 4.79 Å². The molecule has 1 fully saturated rings. The highest BCUT2D eigenvalue weighted by Crippen LogP contribution is 2.38. The second-order valence-electron chi connectivity index (χ2n) is 4.90. The summed E-state index contributed by atoms with van der Waals surface area (Å²) in [4.78, 5) is 15.3. The van der Waals surface area contributed by atoms with Crippen LogP contribution in [-0.2, 0) is 4.79 Å². The Balaban J connectivity index is 2.60. The van der Waals surface area contributed by atoms with E-state index in [0.29, 0.717) is 11.8 Å². The van der Waals surface area contributed by atoms with Gasteiger partial charge in [-0.05, 0) is 12.3 Å². The molecule has 0 aromatic rings. The van der Waals surface area contributed by atoms with Crippen molar-refractivity contribution >= 4 is 11.7 Å². The van der Waals surface area contributed by atoms with Crippen molar-refractivity contribution in [3.05, 3.63) is 0 Å². The summed E-state index contributed by atoms with van der Waals surface area (Å²) in [5.41, 5.74) is 5.49. The van der Waals surface area contributed by atoms with E-state index in [1.807, 2.05) is 20.8 Å². The maximum atomic E-state index is 11.4. The van der Waals surface area contributed by atoms with Crippen LogP contribution in [0.4, 0.5) is 0 Å². The molecular weight excluding hydrogens is 164 g/mol. The minimum absolute atomic E-state index is 0.0417. The third kappa shape index (κ3) is 2.54. The fraction of sp³-hybridized carbons (Fsp3) is 0.800. The van der Waals surface area contributed by atoms with Crippen LogP contribution in [0.3, 0.4) is 0 Å². The van der Waals surface area contributed by atoms with Crippen LogP contribution in [0.15, 0.2) is 4.99 Å². The van der Waals surface area contributed by atoms with Gasteiger partial charge >= 0.3 is 0 Å². The van der Waals surface area contributed by atoms with Crippen molar-refractivity contribution in [3.63, 3.8) is 0 Å². The Bertz CT molecular complexity index is 250. The van der Waals surface area contributed by atoms with E-state index in [-0.39, 0.29) is 17.2 Å². The smallest absolute Gasteiger partial charge is 0.250 e. The van der Waals surface area contributed by atoms with E-state index in [2.05, 4.69) is 11.9 Å². The van der Waals surface area contributed by atoms with Crippen molar-refractivity contribution < 1.29 is 4.79 Å². The molecule has 0 heterocycles. The number of aliphatic imine (C=N–C) groups is 1. The predicted molar refractivity (Wildman–Crippen MR) is 53.4 cm³/mol. The van der Waals surface area contributed by atoms with Gasteiger partial charge in [0.25, 0.3) is 5.91 Å². The molecule has 2 atom stereocenters. The molecule has 0 aromatic carbocycles. The molecule has 74 valence electrons. The fourth-order valence-electron chi connectivity index (χ4n) is 1.04. The molecular formula is C10H18N2O. The van der Waals surface area contributed by atoms with Crippen LogP contribution >= 0.6 is 0 Å². The lowest BCUT2D eigenvalue weighted by Crippen LogP contribution is -2.30. The third-order valence-electron chi connectivity index (χ3n) is 2.43. The van der Waals surface area contributed by atoms with Crippen LogP contribution in [-0.4, -0.2) is 11.7 Å². The van der Waals surface area contributed by atoms with Gasteiger partial charge in [0.05, 0.1) is 0 Å². The minimum Gasteiger partial charge on any atom is -0.387 e. The van der Waals surface area contributed by atoms with Gasteiger partial charge in [0.15, 0.2) is 0 Å². The molecule has 3 nitrogen and oxygen atoms in total. The Hall–Kier alpha value is -0.860. The minimum atomic E-state index is -0.201. The van der Waals surface area contributed by atoms with Crippen LogP contribution in [0.5, 0.6) is 0 Å². The van der Waals surface area contributed by atoms with E-state index < -0.39 is 0 Å². The standard InChI is InChI=1S/C10H18N2O/c1-6-5-7(6)8(13)12-9(11)10(2,3)4/h6-7H,5H2,1-4H3,(H2,11,12,13). The van der Waals surface area contributed by atoms with Crippen LogP contribution in [0.25, 0.3) is 0 Å². The van der Waals surface area contributed by atoms with Crippen molar-refractivity contribution in [3.8, 4) is 0 Å². The number of amides is 1. The van der Waals surface area contributed by atoms with E-state index >= 15 is 0 Å². The number of rotatable bonds is 1. The normalized spacial score (nSPS) is 28.8. The first-order valence-corrected chi connectivity index (χ1v) is 4.71. The van der Waals surface area contributed by atoms with Crippen LogP contribution in [0.1, 0.15) is 34.1 Å². The molecule has 13 heavy (non-hydrogen) atoms. The molecule has 0 saturated heterocycles. The van der Waals surface area contributed by atoms with Gasteiger partial charge in [0.2, 0.25) is 0 Å². The SMILES string of the molecule is CC1CC1C(=O)N=C(N)C(C)(C)C. The molecule has 1 aliphatic rings. The molecule has 0 aliphatic heterocycles. The fourth-order valence-corrected chi connectivity index (χ4v) is 1.04. The number of carbonyl (C=O) groups excluding carboxylic acids is 1. The molecule has 0 aromatic heterocycles.